The van der Waals surface area contributed by atoms with Crippen molar-refractivity contribution >= 4 is 56.3 Å². The van der Waals surface area contributed by atoms with Crippen molar-refractivity contribution in [2.24, 2.45) is 0 Å². The maximum atomic E-state index is 12.0. The average Bonchev–Trinajstić information content (AvgIpc) is 2.90. The van der Waals surface area contributed by atoms with Crippen molar-refractivity contribution in [3.05, 3.63) is 131 Å². The van der Waals surface area contributed by atoms with Crippen LogP contribution < -0.4 is 32.9 Å². The Labute approximate surface area is 219 Å². The number of nitrogens with zero attached hydrogens (tertiary/aromatic N) is 1. The molecule has 5 aromatic rings. The molecule has 5 rings (SSSR count). The largest absolute Gasteiger partial charge is 1.00 e. The monoisotopic (exact) mass is 589 g/mol. The van der Waals surface area contributed by atoms with Gasteiger partial charge < -0.3 is 17.0 Å². The van der Waals surface area contributed by atoms with Crippen LogP contribution in [0.4, 0.5) is 0 Å². The van der Waals surface area contributed by atoms with Gasteiger partial charge in [-0.3, -0.25) is 9.78 Å². The quantitative estimate of drug-likeness (QED) is 0.224. The lowest BCUT2D eigenvalue weighted by Gasteiger charge is -2.28. The standard InChI is InChI=1S/C29H22BrNOP.BrH/c30-27-17-16-23(28-22(20-32)18-19-31-29(27)28)21-33(24-10-4-1-5-11-24,25-12-6-2-7-13-25)26-14-8-3-9-15-26;/h1-20H,21H2;1H/q+1;/p-1. The van der Waals surface area contributed by atoms with Gasteiger partial charge in [0.2, 0.25) is 0 Å². The van der Waals surface area contributed by atoms with Gasteiger partial charge in [-0.2, -0.15) is 0 Å². The van der Waals surface area contributed by atoms with Crippen molar-refractivity contribution < 1.29 is 21.8 Å². The van der Waals surface area contributed by atoms with E-state index in [2.05, 4.69) is 124 Å². The summed E-state index contributed by atoms with van der Waals surface area (Å²) >= 11 is 3.64. The predicted molar refractivity (Wildman–Crippen MR) is 144 cm³/mol. The molecule has 2 nitrogen and oxygen atoms in total. The Hall–Kier alpha value is -2.65. The van der Waals surface area contributed by atoms with Crippen LogP contribution in [0.1, 0.15) is 15.9 Å². The highest BCUT2D eigenvalue weighted by molar-refractivity contribution is 9.10. The number of benzene rings is 4. The molecule has 5 heteroatoms. The van der Waals surface area contributed by atoms with Gasteiger partial charge in [0.15, 0.2) is 6.29 Å². The summed E-state index contributed by atoms with van der Waals surface area (Å²) in [5.74, 6) is 0. The average molecular weight is 591 g/mol. The zero-order valence-electron chi connectivity index (χ0n) is 18.3. The number of fused-ring (bicyclic) bond motifs is 1. The van der Waals surface area contributed by atoms with Gasteiger partial charge in [0.1, 0.15) is 23.2 Å². The highest BCUT2D eigenvalue weighted by atomic mass is 79.9. The number of carbonyl (C=O) groups is 1. The second-order valence-electron chi connectivity index (χ2n) is 7.92. The molecular weight excluding hydrogens is 569 g/mol. The fourth-order valence-electron chi connectivity index (χ4n) is 4.59. The summed E-state index contributed by atoms with van der Waals surface area (Å²) < 4.78 is 0.896. The Bertz CT molecular complexity index is 1310. The first-order valence-electron chi connectivity index (χ1n) is 10.8. The van der Waals surface area contributed by atoms with Gasteiger partial charge in [-0.25, -0.2) is 0 Å². The molecule has 34 heavy (non-hydrogen) atoms. The summed E-state index contributed by atoms with van der Waals surface area (Å²) in [7, 11) is -2.08. The van der Waals surface area contributed by atoms with E-state index in [1.807, 2.05) is 0 Å². The first kappa shape index (κ1) is 24.5. The number of hydrogen-bond donors (Lipinski definition) is 0. The molecule has 1 aromatic heterocycles. The maximum Gasteiger partial charge on any atom is 0.150 e. The molecule has 0 aliphatic rings. The number of carbonyl (C=O) groups excluding carboxylic acids is 1. The van der Waals surface area contributed by atoms with E-state index < -0.39 is 7.26 Å². The van der Waals surface area contributed by atoms with E-state index >= 15 is 0 Å². The number of hydrogen-bond acceptors (Lipinski definition) is 2. The zero-order valence-corrected chi connectivity index (χ0v) is 22.4. The van der Waals surface area contributed by atoms with Gasteiger partial charge in [0.05, 0.1) is 11.7 Å². The van der Waals surface area contributed by atoms with Gasteiger partial charge in [0, 0.05) is 27.2 Å². The number of aldehydes is 1. The first-order valence-corrected chi connectivity index (χ1v) is 13.6. The van der Waals surface area contributed by atoms with Crippen molar-refractivity contribution in [3.8, 4) is 0 Å². The molecule has 0 saturated carbocycles. The van der Waals surface area contributed by atoms with Crippen LogP contribution in [0.15, 0.2) is 120 Å². The third-order valence-electron chi connectivity index (χ3n) is 6.09. The summed E-state index contributed by atoms with van der Waals surface area (Å²) in [5, 5.41) is 4.87. The van der Waals surface area contributed by atoms with Gasteiger partial charge in [0.25, 0.3) is 0 Å². The summed E-state index contributed by atoms with van der Waals surface area (Å²) in [4.78, 5) is 16.6. The molecule has 0 fully saturated rings. The first-order chi connectivity index (χ1) is 16.2. The molecule has 0 aliphatic heterocycles. The Balaban J connectivity index is 0.00000274. The number of halogens is 2. The predicted octanol–water partition coefficient (Wildman–Crippen LogP) is 3.31. The molecule has 1 heterocycles. The van der Waals surface area contributed by atoms with Crippen molar-refractivity contribution in [3.63, 3.8) is 0 Å². The lowest BCUT2D eigenvalue weighted by molar-refractivity contribution is -0.0000127. The van der Waals surface area contributed by atoms with E-state index in [0.29, 0.717) is 5.56 Å². The lowest BCUT2D eigenvalue weighted by atomic mass is 10.1. The third kappa shape index (κ3) is 4.38. The molecule has 0 unspecified atom stereocenters. The van der Waals surface area contributed by atoms with Crippen LogP contribution in [-0.2, 0) is 6.16 Å². The maximum absolute atomic E-state index is 12.0. The smallest absolute Gasteiger partial charge is 0.150 e. The van der Waals surface area contributed by atoms with E-state index in [9.17, 15) is 4.79 Å². The summed E-state index contributed by atoms with van der Waals surface area (Å²) in [5.41, 5.74) is 2.63. The van der Waals surface area contributed by atoms with E-state index in [1.54, 1.807) is 12.3 Å². The highest BCUT2D eigenvalue weighted by Gasteiger charge is 2.45. The minimum atomic E-state index is -2.08. The summed E-state index contributed by atoms with van der Waals surface area (Å²) in [6, 6.07) is 38.4. The SMILES string of the molecule is O=Cc1ccnc2c(Br)ccc(C[P+](c3ccccc3)(c3ccccc3)c3ccccc3)c12.[Br-]. The Morgan fingerprint density at radius 3 is 1.68 bits per heavy atom. The fourth-order valence-corrected chi connectivity index (χ4v) is 9.28. The van der Waals surface area contributed by atoms with Crippen molar-refractivity contribution in [1.82, 2.24) is 4.98 Å². The van der Waals surface area contributed by atoms with Crippen molar-refractivity contribution in [2.45, 2.75) is 6.16 Å². The minimum absolute atomic E-state index is 0. The molecule has 0 bridgehead atoms. The fraction of sp³-hybridized carbons (Fsp3) is 0.0345. The molecule has 0 amide bonds. The van der Waals surface area contributed by atoms with E-state index in [0.717, 1.165) is 33.4 Å². The van der Waals surface area contributed by atoms with Crippen LogP contribution in [-0.4, -0.2) is 11.3 Å². The van der Waals surface area contributed by atoms with Gasteiger partial charge in [-0.05, 0) is 64.5 Å². The third-order valence-corrected chi connectivity index (χ3v) is 11.1. The van der Waals surface area contributed by atoms with Crippen LogP contribution in [0.3, 0.4) is 0 Å². The number of rotatable bonds is 6. The molecule has 0 radical (unpaired) electrons. The van der Waals surface area contributed by atoms with Crippen LogP contribution in [0.25, 0.3) is 10.9 Å². The summed E-state index contributed by atoms with van der Waals surface area (Å²) in [6.07, 6.45) is 3.43. The van der Waals surface area contributed by atoms with Crippen LogP contribution >= 0.6 is 23.2 Å². The molecule has 0 N–H and O–H groups in total. The zero-order chi connectivity index (χ0) is 22.7. The second-order valence-corrected chi connectivity index (χ2v) is 12.3. The molecule has 0 spiro atoms. The number of pyridine rings is 1. The topological polar surface area (TPSA) is 30.0 Å². The number of aromatic nitrogens is 1. The Morgan fingerprint density at radius 1 is 0.706 bits per heavy atom. The Kier molecular flexibility index (Phi) is 7.73. The van der Waals surface area contributed by atoms with Gasteiger partial charge >= 0.3 is 0 Å². The Morgan fingerprint density at radius 2 is 1.21 bits per heavy atom. The molecule has 0 saturated heterocycles. The molecule has 168 valence electrons. The molecule has 4 aromatic carbocycles. The second kappa shape index (κ2) is 10.7. The van der Waals surface area contributed by atoms with Crippen molar-refractivity contribution in [2.75, 3.05) is 0 Å². The lowest BCUT2D eigenvalue weighted by Crippen LogP contribution is -3.00. The van der Waals surface area contributed by atoms with E-state index in [1.165, 1.54) is 15.9 Å². The molecule has 0 aliphatic carbocycles. The normalized spacial score (nSPS) is 11.1. The van der Waals surface area contributed by atoms with Gasteiger partial charge in [-0.15, -0.1) is 0 Å². The highest BCUT2D eigenvalue weighted by Crippen LogP contribution is 2.58. The van der Waals surface area contributed by atoms with Gasteiger partial charge in [-0.1, -0.05) is 60.7 Å². The minimum Gasteiger partial charge on any atom is -1.00 e. The van der Waals surface area contributed by atoms with E-state index in [4.69, 9.17) is 0 Å². The van der Waals surface area contributed by atoms with Crippen LogP contribution in [0.2, 0.25) is 0 Å². The molecular formula is C29H22Br2NOP. The van der Waals surface area contributed by atoms with Crippen LogP contribution in [0.5, 0.6) is 0 Å². The van der Waals surface area contributed by atoms with E-state index in [-0.39, 0.29) is 17.0 Å². The van der Waals surface area contributed by atoms with Crippen LogP contribution in [0, 0.1) is 0 Å². The van der Waals surface area contributed by atoms with Crippen molar-refractivity contribution in [1.29, 1.82) is 0 Å². The summed E-state index contributed by atoms with van der Waals surface area (Å²) in [6.45, 7) is 0. The molecule has 0 atom stereocenters.